The first-order chi connectivity index (χ1) is 13.6. The summed E-state index contributed by atoms with van der Waals surface area (Å²) in [7, 11) is 3.69. The van der Waals surface area contributed by atoms with Crippen LogP contribution in [0.25, 0.3) is 22.2 Å². The van der Waals surface area contributed by atoms with Crippen LogP contribution in [0.2, 0.25) is 0 Å². The monoisotopic (exact) mass is 375 g/mol. The van der Waals surface area contributed by atoms with Gasteiger partial charge in [-0.15, -0.1) is 5.10 Å². The molecule has 2 aromatic carbocycles. The molecule has 2 aromatic heterocycles. The van der Waals surface area contributed by atoms with Crippen LogP contribution in [-0.4, -0.2) is 56.6 Å². The van der Waals surface area contributed by atoms with Crippen molar-refractivity contribution in [3.8, 4) is 11.3 Å². The van der Waals surface area contributed by atoms with E-state index in [-0.39, 0.29) is 5.91 Å². The maximum absolute atomic E-state index is 12.0. The number of aromatic nitrogens is 5. The van der Waals surface area contributed by atoms with Crippen LogP contribution in [0.5, 0.6) is 0 Å². The van der Waals surface area contributed by atoms with E-state index in [1.165, 1.54) is 5.56 Å². The zero-order valence-corrected chi connectivity index (χ0v) is 15.8. The van der Waals surface area contributed by atoms with Gasteiger partial charge in [-0.1, -0.05) is 41.6 Å². The molecule has 0 fully saturated rings. The summed E-state index contributed by atoms with van der Waals surface area (Å²) in [6.07, 6.45) is 1.92. The van der Waals surface area contributed by atoms with Crippen molar-refractivity contribution in [2.45, 2.75) is 6.54 Å². The van der Waals surface area contributed by atoms with Gasteiger partial charge in [-0.2, -0.15) is 5.10 Å². The molecule has 4 aromatic rings. The van der Waals surface area contributed by atoms with Crippen LogP contribution in [-0.2, 0) is 11.3 Å². The number of hydrogen-bond donors (Lipinski definition) is 2. The fourth-order valence-corrected chi connectivity index (χ4v) is 3.01. The van der Waals surface area contributed by atoms with Crippen molar-refractivity contribution in [2.75, 3.05) is 26.0 Å². The van der Waals surface area contributed by atoms with Crippen LogP contribution >= 0.6 is 0 Å². The summed E-state index contributed by atoms with van der Waals surface area (Å²) < 4.78 is 1.81. The largest absolute Gasteiger partial charge is 0.308 e. The number of fused-ring (bicyclic) bond motifs is 1. The van der Waals surface area contributed by atoms with Crippen molar-refractivity contribution in [1.29, 1.82) is 0 Å². The Morgan fingerprint density at radius 1 is 1.18 bits per heavy atom. The fourth-order valence-electron chi connectivity index (χ4n) is 3.01. The predicted molar refractivity (Wildman–Crippen MR) is 108 cm³/mol. The standard InChI is InChI=1S/C20H21N7O/c1-26(2)13-19(28)21-20-16-9-8-15(10-17(16)22-24-20)18-12-27(25-23-18)11-14-6-4-3-5-7-14/h3-10,12H,11,13H2,1-2H3,(H2,21,22,24,28). The van der Waals surface area contributed by atoms with Gasteiger partial charge in [0.25, 0.3) is 0 Å². The Labute approximate surface area is 162 Å². The molecular formula is C20H21N7O. The normalized spacial score (nSPS) is 11.2. The third-order valence-electron chi connectivity index (χ3n) is 4.30. The highest BCUT2D eigenvalue weighted by Crippen LogP contribution is 2.26. The number of hydrogen-bond acceptors (Lipinski definition) is 5. The first-order valence-electron chi connectivity index (χ1n) is 8.95. The van der Waals surface area contributed by atoms with E-state index in [1.807, 2.05) is 61.4 Å². The number of nitrogens with zero attached hydrogens (tertiary/aromatic N) is 5. The van der Waals surface area contributed by atoms with Gasteiger partial charge >= 0.3 is 0 Å². The third-order valence-corrected chi connectivity index (χ3v) is 4.30. The lowest BCUT2D eigenvalue weighted by Crippen LogP contribution is -2.27. The molecule has 0 saturated carbocycles. The van der Waals surface area contributed by atoms with Crippen molar-refractivity contribution in [3.63, 3.8) is 0 Å². The second kappa shape index (κ2) is 7.61. The molecule has 142 valence electrons. The van der Waals surface area contributed by atoms with E-state index in [2.05, 4.69) is 38.0 Å². The number of H-pyrrole nitrogens is 1. The van der Waals surface area contributed by atoms with Crippen molar-refractivity contribution in [3.05, 3.63) is 60.3 Å². The molecule has 2 heterocycles. The number of benzene rings is 2. The molecule has 0 aliphatic rings. The van der Waals surface area contributed by atoms with E-state index < -0.39 is 0 Å². The number of nitrogens with one attached hydrogen (secondary N) is 2. The molecule has 0 bridgehead atoms. The molecule has 28 heavy (non-hydrogen) atoms. The van der Waals surface area contributed by atoms with Crippen molar-refractivity contribution in [1.82, 2.24) is 30.1 Å². The quantitative estimate of drug-likeness (QED) is 0.540. The summed E-state index contributed by atoms with van der Waals surface area (Å²) in [5, 5.41) is 19.4. The lowest BCUT2D eigenvalue weighted by molar-refractivity contribution is -0.116. The number of amides is 1. The van der Waals surface area contributed by atoms with Gasteiger partial charge in [0.1, 0.15) is 5.69 Å². The molecule has 0 radical (unpaired) electrons. The van der Waals surface area contributed by atoms with Crippen molar-refractivity contribution >= 4 is 22.6 Å². The molecule has 4 rings (SSSR count). The minimum Gasteiger partial charge on any atom is -0.308 e. The lowest BCUT2D eigenvalue weighted by atomic mass is 10.1. The molecule has 0 aliphatic heterocycles. The highest BCUT2D eigenvalue weighted by atomic mass is 16.2. The Balaban J connectivity index is 1.53. The minimum absolute atomic E-state index is 0.105. The van der Waals surface area contributed by atoms with E-state index in [0.29, 0.717) is 18.9 Å². The Hall–Kier alpha value is -3.52. The van der Waals surface area contributed by atoms with E-state index >= 15 is 0 Å². The van der Waals surface area contributed by atoms with Crippen LogP contribution in [0.3, 0.4) is 0 Å². The predicted octanol–water partition coefficient (Wildman–Crippen LogP) is 2.37. The number of likely N-dealkylation sites (N-methyl/N-ethyl adjacent to an activating group) is 1. The first kappa shape index (κ1) is 17.9. The Bertz CT molecular complexity index is 1100. The summed E-state index contributed by atoms with van der Waals surface area (Å²) in [5.41, 5.74) is 3.71. The molecule has 2 N–H and O–H groups in total. The highest BCUT2D eigenvalue weighted by molar-refractivity contribution is 6.01. The maximum atomic E-state index is 12.0. The van der Waals surface area contributed by atoms with Crippen LogP contribution in [0.1, 0.15) is 5.56 Å². The third kappa shape index (κ3) is 3.91. The molecule has 0 atom stereocenters. The van der Waals surface area contributed by atoms with Gasteiger partial charge in [0, 0.05) is 10.9 Å². The molecule has 8 nitrogen and oxygen atoms in total. The Kier molecular flexibility index (Phi) is 4.86. The number of carbonyl (C=O) groups is 1. The number of rotatable bonds is 6. The summed E-state index contributed by atoms with van der Waals surface area (Å²) in [6.45, 7) is 0.971. The molecule has 0 spiro atoms. The lowest BCUT2D eigenvalue weighted by Gasteiger charge is -2.08. The second-order valence-electron chi connectivity index (χ2n) is 6.91. The van der Waals surface area contributed by atoms with Crippen LogP contribution in [0, 0.1) is 0 Å². The summed E-state index contributed by atoms with van der Waals surface area (Å²) in [6, 6.07) is 16.0. The summed E-state index contributed by atoms with van der Waals surface area (Å²) in [5.74, 6) is 0.424. The maximum Gasteiger partial charge on any atom is 0.239 e. The van der Waals surface area contributed by atoms with Crippen LogP contribution < -0.4 is 5.32 Å². The smallest absolute Gasteiger partial charge is 0.239 e. The van der Waals surface area contributed by atoms with E-state index in [0.717, 1.165) is 22.2 Å². The van der Waals surface area contributed by atoms with Gasteiger partial charge in [0.2, 0.25) is 5.91 Å². The number of carbonyl (C=O) groups excluding carboxylic acids is 1. The fraction of sp³-hybridized carbons (Fsp3) is 0.200. The number of aromatic amines is 1. The molecule has 1 amide bonds. The van der Waals surface area contributed by atoms with E-state index in [4.69, 9.17) is 0 Å². The highest BCUT2D eigenvalue weighted by Gasteiger charge is 2.12. The van der Waals surface area contributed by atoms with Crippen LogP contribution in [0.4, 0.5) is 5.82 Å². The average Bonchev–Trinajstić information content (AvgIpc) is 3.29. The van der Waals surface area contributed by atoms with Gasteiger partial charge in [-0.25, -0.2) is 4.68 Å². The van der Waals surface area contributed by atoms with Crippen molar-refractivity contribution in [2.24, 2.45) is 0 Å². The van der Waals surface area contributed by atoms with Gasteiger partial charge in [0.15, 0.2) is 5.82 Å². The van der Waals surface area contributed by atoms with Crippen LogP contribution in [0.15, 0.2) is 54.7 Å². The molecular weight excluding hydrogens is 354 g/mol. The topological polar surface area (TPSA) is 91.7 Å². The Morgan fingerprint density at radius 3 is 2.79 bits per heavy atom. The van der Waals surface area contributed by atoms with Gasteiger partial charge < -0.3 is 10.2 Å². The van der Waals surface area contributed by atoms with Gasteiger partial charge in [0.05, 0.1) is 24.8 Å². The first-order valence-corrected chi connectivity index (χ1v) is 8.95. The molecule has 0 unspecified atom stereocenters. The zero-order chi connectivity index (χ0) is 19.5. The molecule has 0 saturated heterocycles. The molecule has 8 heteroatoms. The van der Waals surface area contributed by atoms with Gasteiger partial charge in [-0.3, -0.25) is 9.89 Å². The van der Waals surface area contributed by atoms with Crippen molar-refractivity contribution < 1.29 is 4.79 Å². The summed E-state index contributed by atoms with van der Waals surface area (Å²) >= 11 is 0. The number of anilines is 1. The Morgan fingerprint density at radius 2 is 2.00 bits per heavy atom. The van der Waals surface area contributed by atoms with E-state index in [1.54, 1.807) is 4.90 Å². The SMILES string of the molecule is CN(C)CC(=O)Nc1n[nH]c2cc(-c3cn(Cc4ccccc4)nn3)ccc12. The summed E-state index contributed by atoms with van der Waals surface area (Å²) in [4.78, 5) is 13.8. The zero-order valence-electron chi connectivity index (χ0n) is 15.8. The minimum atomic E-state index is -0.105. The average molecular weight is 375 g/mol. The molecule has 0 aliphatic carbocycles. The van der Waals surface area contributed by atoms with Gasteiger partial charge in [-0.05, 0) is 31.8 Å². The van der Waals surface area contributed by atoms with E-state index in [9.17, 15) is 4.79 Å². The second-order valence-corrected chi connectivity index (χ2v) is 6.91.